The largest absolute Gasteiger partial charge is 0.480 e. The molecule has 11 heteroatoms. The second kappa shape index (κ2) is 22.1. The number of aliphatic hydroxyl groups excluding tert-OH is 1. The van der Waals surface area contributed by atoms with Crippen LogP contribution in [-0.4, -0.2) is 58.6 Å². The number of rotatable bonds is 23. The van der Waals surface area contributed by atoms with Gasteiger partial charge in [-0.25, -0.2) is 0 Å². The van der Waals surface area contributed by atoms with E-state index in [4.69, 9.17) is 5.11 Å². The van der Waals surface area contributed by atoms with E-state index in [1.807, 2.05) is 18.3 Å². The molecule has 0 aliphatic rings. The number of hydrogen-bond acceptors (Lipinski definition) is 5. The molecule has 0 saturated heterocycles. The Balaban J connectivity index is 4.72. The lowest BCUT2D eigenvalue weighted by atomic mass is 10.0. The first-order valence-electron chi connectivity index (χ1n) is 13.9. The Labute approximate surface area is 229 Å². The van der Waals surface area contributed by atoms with Gasteiger partial charge >= 0.3 is 18.1 Å². The zero-order valence-corrected chi connectivity index (χ0v) is 23.7. The minimum Gasteiger partial charge on any atom is -0.480 e. The molecule has 0 heterocycles. The number of aliphatic hydroxyl groups is 1. The highest BCUT2D eigenvalue weighted by Crippen LogP contribution is 2.25. The predicted octanol–water partition coefficient (Wildman–Crippen LogP) is 6.10. The van der Waals surface area contributed by atoms with E-state index in [1.54, 1.807) is 5.32 Å². The Kier molecular flexibility index (Phi) is 21.1. The smallest absolute Gasteiger partial charge is 0.471 e. The molecule has 0 aliphatic carbocycles. The third-order valence-electron chi connectivity index (χ3n) is 6.00. The first kappa shape index (κ1) is 36.2. The highest BCUT2D eigenvalue weighted by Gasteiger charge is 2.41. The predicted molar refractivity (Wildman–Crippen MR) is 146 cm³/mol. The quantitative estimate of drug-likeness (QED) is 0.111. The molecular formula is C27H47F3N2O5S. The topological polar surface area (TPSA) is 116 Å². The molecule has 0 unspecified atom stereocenters. The summed E-state index contributed by atoms with van der Waals surface area (Å²) in [4.78, 5) is 34.9. The summed E-state index contributed by atoms with van der Waals surface area (Å²) in [5, 5.41) is 22.9. The fourth-order valence-corrected chi connectivity index (χ4v) is 4.96. The maximum atomic E-state index is 12.7. The molecule has 0 bridgehead atoms. The molecule has 0 saturated carbocycles. The monoisotopic (exact) mass is 568 g/mol. The second-order valence-electron chi connectivity index (χ2n) is 9.54. The van der Waals surface area contributed by atoms with Crippen molar-refractivity contribution >= 4 is 29.5 Å². The fraction of sp³-hybridized carbons (Fsp3) is 0.815. The van der Waals surface area contributed by atoms with Crippen LogP contribution >= 0.6 is 11.8 Å². The number of allylic oxidation sites excluding steroid dienone is 1. The van der Waals surface area contributed by atoms with Gasteiger partial charge in [0.1, 0.15) is 12.6 Å². The van der Waals surface area contributed by atoms with Crippen LogP contribution in [0, 0.1) is 0 Å². The summed E-state index contributed by atoms with van der Waals surface area (Å²) in [7, 11) is 0. The lowest BCUT2D eigenvalue weighted by molar-refractivity contribution is -0.174. The maximum Gasteiger partial charge on any atom is 0.471 e. The summed E-state index contributed by atoms with van der Waals surface area (Å²) in [6.45, 7) is 3.32. The minimum atomic E-state index is -5.19. The first-order valence-corrected chi connectivity index (χ1v) is 14.9. The van der Waals surface area contributed by atoms with Crippen molar-refractivity contribution in [3.63, 3.8) is 0 Å². The van der Waals surface area contributed by atoms with Gasteiger partial charge in [0, 0.05) is 10.7 Å². The summed E-state index contributed by atoms with van der Waals surface area (Å²) < 4.78 is 38.2. The standard InChI is InChI=1S/C27H47F3N2O5S/c1-3-5-6-7-8-9-10-11-12-13-14-15-16-18-23(22(33)17-4-2)38-20-21(25(36)31-19-24(34)35)32-26(37)27(28,29)30/h18,21-22,33H,3-17,19-20H2,1-2H3,(H,31,36)(H,32,37)(H,34,35)/t21-,22+/m0/s1. The van der Waals surface area contributed by atoms with Crippen LogP contribution in [0.5, 0.6) is 0 Å². The molecule has 2 amide bonds. The molecule has 222 valence electrons. The van der Waals surface area contributed by atoms with Crippen LogP contribution < -0.4 is 10.6 Å². The highest BCUT2D eigenvalue weighted by molar-refractivity contribution is 8.03. The molecule has 0 aromatic carbocycles. The van der Waals surface area contributed by atoms with Gasteiger partial charge in [-0.15, -0.1) is 11.8 Å². The van der Waals surface area contributed by atoms with E-state index in [2.05, 4.69) is 6.92 Å². The number of alkyl halides is 3. The Morgan fingerprint density at radius 2 is 1.39 bits per heavy atom. The number of carboxylic acid groups (broad SMARTS) is 1. The van der Waals surface area contributed by atoms with E-state index >= 15 is 0 Å². The maximum absolute atomic E-state index is 12.7. The average molecular weight is 569 g/mol. The first-order chi connectivity index (χ1) is 18.0. The van der Waals surface area contributed by atoms with Crippen molar-refractivity contribution in [3.05, 3.63) is 11.0 Å². The normalized spacial score (nSPS) is 13.7. The summed E-state index contributed by atoms with van der Waals surface area (Å²) in [5.74, 6) is -4.97. The summed E-state index contributed by atoms with van der Waals surface area (Å²) >= 11 is 0.998. The van der Waals surface area contributed by atoms with E-state index in [1.165, 1.54) is 57.8 Å². The van der Waals surface area contributed by atoms with Gasteiger partial charge in [0.05, 0.1) is 6.10 Å². The number of halogens is 3. The van der Waals surface area contributed by atoms with Crippen LogP contribution in [0.25, 0.3) is 0 Å². The summed E-state index contributed by atoms with van der Waals surface area (Å²) in [5.41, 5.74) is 0. The zero-order valence-electron chi connectivity index (χ0n) is 22.9. The molecule has 2 atom stereocenters. The second-order valence-corrected chi connectivity index (χ2v) is 10.6. The van der Waals surface area contributed by atoms with Gasteiger partial charge in [-0.3, -0.25) is 14.4 Å². The van der Waals surface area contributed by atoms with Crippen LogP contribution in [-0.2, 0) is 14.4 Å². The third-order valence-corrected chi connectivity index (χ3v) is 7.28. The molecule has 38 heavy (non-hydrogen) atoms. The fourth-order valence-electron chi connectivity index (χ4n) is 3.82. The lowest BCUT2D eigenvalue weighted by Crippen LogP contribution is -2.52. The van der Waals surface area contributed by atoms with E-state index in [-0.39, 0.29) is 5.75 Å². The van der Waals surface area contributed by atoms with Gasteiger partial charge in [0.15, 0.2) is 0 Å². The lowest BCUT2D eigenvalue weighted by Gasteiger charge is -2.21. The number of carbonyl (C=O) groups excluding carboxylic acids is 2. The molecule has 7 nitrogen and oxygen atoms in total. The van der Waals surface area contributed by atoms with Gasteiger partial charge in [-0.2, -0.15) is 13.2 Å². The molecule has 0 fully saturated rings. The van der Waals surface area contributed by atoms with Crippen molar-refractivity contribution in [3.8, 4) is 0 Å². The molecule has 0 radical (unpaired) electrons. The number of unbranched alkanes of at least 4 members (excludes halogenated alkanes) is 12. The van der Waals surface area contributed by atoms with Crippen molar-refractivity contribution in [2.45, 2.75) is 128 Å². The Morgan fingerprint density at radius 3 is 1.87 bits per heavy atom. The number of thioether (sulfide) groups is 1. The van der Waals surface area contributed by atoms with Crippen LogP contribution in [0.2, 0.25) is 0 Å². The van der Waals surface area contributed by atoms with Gasteiger partial charge in [-0.1, -0.05) is 97.0 Å². The molecule has 0 spiro atoms. The van der Waals surface area contributed by atoms with Gasteiger partial charge in [-0.05, 0) is 19.3 Å². The van der Waals surface area contributed by atoms with Crippen LogP contribution in [0.3, 0.4) is 0 Å². The van der Waals surface area contributed by atoms with E-state index in [0.717, 1.165) is 31.0 Å². The van der Waals surface area contributed by atoms with Crippen molar-refractivity contribution in [2.24, 2.45) is 0 Å². The van der Waals surface area contributed by atoms with Crippen molar-refractivity contribution in [1.82, 2.24) is 10.6 Å². The Hall–Kier alpha value is -1.75. The zero-order chi connectivity index (χ0) is 28.8. The molecule has 0 aromatic rings. The number of hydrogen-bond donors (Lipinski definition) is 4. The van der Waals surface area contributed by atoms with Gasteiger partial charge in [0.25, 0.3) is 0 Å². The SMILES string of the molecule is CCCCCCCCCCCCCCC=C(SC[C@H](NC(=O)C(F)(F)F)C(=O)NCC(=O)O)[C@H](O)CCC. The molecule has 4 N–H and O–H groups in total. The molecular weight excluding hydrogens is 521 g/mol. The van der Waals surface area contributed by atoms with Crippen molar-refractivity contribution in [1.29, 1.82) is 0 Å². The molecule has 0 aromatic heterocycles. The van der Waals surface area contributed by atoms with Crippen LogP contribution in [0.1, 0.15) is 110 Å². The summed E-state index contributed by atoms with van der Waals surface area (Å²) in [6.07, 6.45) is 12.2. The van der Waals surface area contributed by atoms with Gasteiger partial charge in [0.2, 0.25) is 5.91 Å². The van der Waals surface area contributed by atoms with Gasteiger partial charge < -0.3 is 20.8 Å². The number of carbonyl (C=O) groups is 3. The molecule has 0 aliphatic heterocycles. The van der Waals surface area contributed by atoms with E-state index in [9.17, 15) is 32.7 Å². The number of carboxylic acids is 1. The Morgan fingerprint density at radius 1 is 0.868 bits per heavy atom. The van der Waals surface area contributed by atoms with Crippen molar-refractivity contribution in [2.75, 3.05) is 12.3 Å². The van der Waals surface area contributed by atoms with E-state index in [0.29, 0.717) is 24.2 Å². The number of nitrogens with one attached hydrogen (secondary N) is 2. The Bertz CT molecular complexity index is 705. The molecule has 0 rings (SSSR count). The third kappa shape index (κ3) is 19.3. The minimum absolute atomic E-state index is 0.279. The highest BCUT2D eigenvalue weighted by atomic mass is 32.2. The summed E-state index contributed by atoms with van der Waals surface area (Å²) in [6, 6.07) is -1.61. The van der Waals surface area contributed by atoms with Crippen LogP contribution in [0.4, 0.5) is 13.2 Å². The van der Waals surface area contributed by atoms with E-state index < -0.39 is 42.7 Å². The van der Waals surface area contributed by atoms with Crippen molar-refractivity contribution < 1.29 is 37.8 Å². The number of aliphatic carboxylic acids is 1. The number of amides is 2. The average Bonchev–Trinajstić information content (AvgIpc) is 2.85. The van der Waals surface area contributed by atoms with Crippen LogP contribution in [0.15, 0.2) is 11.0 Å².